The minimum absolute atomic E-state index is 0.504. The van der Waals surface area contributed by atoms with Crippen molar-refractivity contribution < 1.29 is 4.74 Å². The molecule has 1 aromatic rings. The van der Waals surface area contributed by atoms with E-state index in [-0.39, 0.29) is 0 Å². The predicted octanol–water partition coefficient (Wildman–Crippen LogP) is 1.94. The summed E-state index contributed by atoms with van der Waals surface area (Å²) < 4.78 is 5.72. The summed E-state index contributed by atoms with van der Waals surface area (Å²) in [7, 11) is 0. The summed E-state index contributed by atoms with van der Waals surface area (Å²) in [4.78, 5) is 9.74. The molecule has 0 spiro atoms. The van der Waals surface area contributed by atoms with Gasteiger partial charge in [-0.15, -0.1) is 0 Å². The summed E-state index contributed by atoms with van der Waals surface area (Å²) in [6.07, 6.45) is 1.76. The van der Waals surface area contributed by atoms with Gasteiger partial charge in [0.05, 0.1) is 6.54 Å². The number of para-hydroxylation sites is 1. The fraction of sp³-hybridized carbons (Fsp3) is 0.571. The van der Waals surface area contributed by atoms with Crippen molar-refractivity contribution in [2.45, 2.75) is 20.4 Å². The van der Waals surface area contributed by atoms with Crippen molar-refractivity contribution in [2.75, 3.05) is 59.0 Å². The number of piperazine rings is 1. The maximum Gasteiger partial charge on any atom is 0.191 e. The third-order valence-electron chi connectivity index (χ3n) is 4.71. The van der Waals surface area contributed by atoms with Crippen LogP contribution in [0.1, 0.15) is 19.4 Å². The molecule has 1 aliphatic rings. The van der Waals surface area contributed by atoms with Gasteiger partial charge < -0.3 is 20.3 Å². The molecule has 1 aliphatic heterocycles. The van der Waals surface area contributed by atoms with Crippen LogP contribution in [0.2, 0.25) is 0 Å². The lowest BCUT2D eigenvalue weighted by Crippen LogP contribution is -2.49. The summed E-state index contributed by atoms with van der Waals surface area (Å²) in [6.45, 7) is 17.7. The van der Waals surface area contributed by atoms with E-state index < -0.39 is 0 Å². The second kappa shape index (κ2) is 12.4. The smallest absolute Gasteiger partial charge is 0.191 e. The van der Waals surface area contributed by atoms with E-state index >= 15 is 0 Å². The zero-order chi connectivity index (χ0) is 19.3. The van der Waals surface area contributed by atoms with Gasteiger partial charge in [0.15, 0.2) is 5.96 Å². The maximum atomic E-state index is 5.72. The van der Waals surface area contributed by atoms with Crippen LogP contribution >= 0.6 is 0 Å². The predicted molar refractivity (Wildman–Crippen MR) is 114 cm³/mol. The van der Waals surface area contributed by atoms with Gasteiger partial charge in [-0.2, -0.15) is 0 Å². The number of guanidine groups is 1. The number of hydrogen-bond donors (Lipinski definition) is 2. The van der Waals surface area contributed by atoms with E-state index in [0.29, 0.717) is 13.2 Å². The number of ether oxygens (including phenoxy) is 1. The number of nitrogens with one attached hydrogen (secondary N) is 2. The summed E-state index contributed by atoms with van der Waals surface area (Å²) in [5.41, 5.74) is 1.08. The van der Waals surface area contributed by atoms with Crippen LogP contribution in [0.25, 0.3) is 0 Å². The van der Waals surface area contributed by atoms with E-state index in [0.717, 1.165) is 56.5 Å². The van der Waals surface area contributed by atoms with Gasteiger partial charge in [0.1, 0.15) is 12.4 Å². The van der Waals surface area contributed by atoms with E-state index in [9.17, 15) is 0 Å². The Bertz CT molecular complexity index is 582. The molecule has 1 aromatic carbocycles. The molecular formula is C21H35N5O. The molecular weight excluding hydrogens is 338 g/mol. The zero-order valence-electron chi connectivity index (χ0n) is 16.9. The van der Waals surface area contributed by atoms with Gasteiger partial charge in [-0.3, -0.25) is 4.90 Å². The van der Waals surface area contributed by atoms with Crippen molar-refractivity contribution >= 4 is 5.96 Å². The summed E-state index contributed by atoms with van der Waals surface area (Å²) in [6, 6.07) is 8.03. The SMILES string of the molecule is C=CCOc1ccccc1CN=C(NCC)NCCN1CCN(CC)CC1. The molecule has 0 atom stereocenters. The first kappa shape index (κ1) is 21.3. The average molecular weight is 374 g/mol. The van der Waals surface area contributed by atoms with Crippen LogP contribution in [0.15, 0.2) is 41.9 Å². The number of aliphatic imine (C=N–C) groups is 1. The fourth-order valence-corrected chi connectivity index (χ4v) is 3.09. The molecule has 0 amide bonds. The first-order valence-corrected chi connectivity index (χ1v) is 10.0. The van der Waals surface area contributed by atoms with Gasteiger partial charge in [0, 0.05) is 51.4 Å². The average Bonchev–Trinajstić information content (AvgIpc) is 2.71. The molecule has 0 aliphatic carbocycles. The third kappa shape index (κ3) is 7.61. The molecule has 0 unspecified atom stereocenters. The van der Waals surface area contributed by atoms with E-state index in [2.05, 4.69) is 46.9 Å². The van der Waals surface area contributed by atoms with Gasteiger partial charge in [0.25, 0.3) is 0 Å². The highest BCUT2D eigenvalue weighted by atomic mass is 16.5. The molecule has 1 saturated heterocycles. The van der Waals surface area contributed by atoms with E-state index in [1.54, 1.807) is 6.08 Å². The number of benzene rings is 1. The summed E-state index contributed by atoms with van der Waals surface area (Å²) >= 11 is 0. The van der Waals surface area contributed by atoms with Crippen LogP contribution < -0.4 is 15.4 Å². The molecule has 6 heteroatoms. The van der Waals surface area contributed by atoms with Gasteiger partial charge >= 0.3 is 0 Å². The molecule has 0 aromatic heterocycles. The lowest BCUT2D eigenvalue weighted by molar-refractivity contribution is 0.139. The molecule has 1 fully saturated rings. The highest BCUT2D eigenvalue weighted by Crippen LogP contribution is 2.18. The number of hydrogen-bond acceptors (Lipinski definition) is 4. The van der Waals surface area contributed by atoms with Gasteiger partial charge in [-0.25, -0.2) is 4.99 Å². The Morgan fingerprint density at radius 1 is 1.15 bits per heavy atom. The Morgan fingerprint density at radius 3 is 2.59 bits per heavy atom. The van der Waals surface area contributed by atoms with Gasteiger partial charge in [-0.1, -0.05) is 37.8 Å². The Labute approximate surface area is 164 Å². The lowest BCUT2D eigenvalue weighted by atomic mass is 10.2. The van der Waals surface area contributed by atoms with Gasteiger partial charge in [-0.05, 0) is 19.5 Å². The summed E-state index contributed by atoms with van der Waals surface area (Å²) in [5, 5.41) is 6.78. The van der Waals surface area contributed by atoms with Crippen LogP contribution in [0.5, 0.6) is 5.75 Å². The largest absolute Gasteiger partial charge is 0.489 e. The Balaban J connectivity index is 1.83. The van der Waals surface area contributed by atoms with Crippen LogP contribution in [0.3, 0.4) is 0 Å². The van der Waals surface area contributed by atoms with Gasteiger partial charge in [0.2, 0.25) is 0 Å². The first-order chi connectivity index (χ1) is 13.3. The van der Waals surface area contributed by atoms with Crippen molar-refractivity contribution in [1.82, 2.24) is 20.4 Å². The molecule has 6 nitrogen and oxygen atoms in total. The van der Waals surface area contributed by atoms with Crippen LogP contribution in [0.4, 0.5) is 0 Å². The van der Waals surface area contributed by atoms with Crippen LogP contribution in [-0.2, 0) is 6.54 Å². The topological polar surface area (TPSA) is 52.1 Å². The van der Waals surface area contributed by atoms with E-state index in [1.807, 2.05) is 18.2 Å². The first-order valence-electron chi connectivity index (χ1n) is 10.0. The van der Waals surface area contributed by atoms with Crippen molar-refractivity contribution in [3.05, 3.63) is 42.5 Å². The molecule has 27 heavy (non-hydrogen) atoms. The van der Waals surface area contributed by atoms with E-state index in [4.69, 9.17) is 9.73 Å². The summed E-state index contributed by atoms with van der Waals surface area (Å²) in [5.74, 6) is 1.72. The number of nitrogens with zero attached hydrogens (tertiary/aromatic N) is 3. The molecule has 150 valence electrons. The lowest BCUT2D eigenvalue weighted by Gasteiger charge is -2.34. The molecule has 2 rings (SSSR count). The monoisotopic (exact) mass is 373 g/mol. The van der Waals surface area contributed by atoms with Crippen molar-refractivity contribution in [2.24, 2.45) is 4.99 Å². The van der Waals surface area contributed by atoms with E-state index in [1.165, 1.54) is 13.1 Å². The van der Waals surface area contributed by atoms with Crippen molar-refractivity contribution in [3.8, 4) is 5.75 Å². The van der Waals surface area contributed by atoms with Crippen molar-refractivity contribution in [3.63, 3.8) is 0 Å². The maximum absolute atomic E-state index is 5.72. The molecule has 0 radical (unpaired) electrons. The minimum Gasteiger partial charge on any atom is -0.489 e. The normalized spacial score (nSPS) is 16.1. The number of rotatable bonds is 10. The Kier molecular flexibility index (Phi) is 9.73. The standard InChI is InChI=1S/C21H35N5O/c1-4-17-27-20-10-8-7-9-19(20)18-24-21(22-5-2)23-11-12-26-15-13-25(6-3)14-16-26/h4,7-10H,1,5-6,11-18H2,2-3H3,(H2,22,23,24). The second-order valence-electron chi connectivity index (χ2n) is 6.61. The minimum atomic E-state index is 0.504. The zero-order valence-corrected chi connectivity index (χ0v) is 16.9. The molecule has 0 saturated carbocycles. The molecule has 2 N–H and O–H groups in total. The van der Waals surface area contributed by atoms with Crippen LogP contribution in [-0.4, -0.2) is 74.7 Å². The fourth-order valence-electron chi connectivity index (χ4n) is 3.09. The molecule has 1 heterocycles. The quantitative estimate of drug-likeness (QED) is 0.373. The molecule has 0 bridgehead atoms. The highest BCUT2D eigenvalue weighted by Gasteiger charge is 2.14. The van der Waals surface area contributed by atoms with Crippen LogP contribution in [0, 0.1) is 0 Å². The Morgan fingerprint density at radius 2 is 1.89 bits per heavy atom. The second-order valence-corrected chi connectivity index (χ2v) is 6.61. The van der Waals surface area contributed by atoms with Crippen molar-refractivity contribution in [1.29, 1.82) is 0 Å². The number of likely N-dealkylation sites (N-methyl/N-ethyl adjacent to an activating group) is 1. The third-order valence-corrected chi connectivity index (χ3v) is 4.71. The highest BCUT2D eigenvalue weighted by molar-refractivity contribution is 5.79. The Hall–Kier alpha value is -2.05.